The van der Waals surface area contributed by atoms with Crippen molar-refractivity contribution >= 4 is 62.4 Å². The van der Waals surface area contributed by atoms with Crippen molar-refractivity contribution in [3.8, 4) is 5.75 Å². The van der Waals surface area contributed by atoms with Crippen LogP contribution in [0.3, 0.4) is 0 Å². The van der Waals surface area contributed by atoms with Gasteiger partial charge in [-0.05, 0) is 87.4 Å². The standard InChI is InChI=1S/C47H69N11O13S/c1-32-27-37(71-22-5-9-42(61)49-15-7-20-68-23-25-70-26-24-69-21-8-16-50-45(63)38(56-34(3)59)11-13-41(60)48-4)28-33(2)43(32)72(66,67)57-39(46(64)65)31-54-44(62)35-10-12-40-36(29-35)30-55-58(40)19-6-14-51-47-52-17-18-53-47/h10,12,17-18,27-30,38-39,57H,5-9,11,13-16,19-26,31H2,1-4H3,(H,48,60)(H,49,61)(H,50,63)(H,54,62)(H,56,59)(H,64,65)(H2,51,52,53)/t38-,39+/m1/s1. The van der Waals surface area contributed by atoms with Gasteiger partial charge in [0.05, 0.1) is 49.6 Å². The summed E-state index contributed by atoms with van der Waals surface area (Å²) in [5.41, 5.74) is 1.70. The molecule has 396 valence electrons. The molecule has 24 nitrogen and oxygen atoms in total. The van der Waals surface area contributed by atoms with Gasteiger partial charge >= 0.3 is 5.97 Å². The number of carbonyl (C=O) groups is 6. The Balaban J connectivity index is 1.04. The Morgan fingerprint density at radius 1 is 0.792 bits per heavy atom. The molecule has 0 saturated carbocycles. The van der Waals surface area contributed by atoms with Crippen molar-refractivity contribution in [3.63, 3.8) is 0 Å². The molecule has 0 saturated heterocycles. The maximum Gasteiger partial charge on any atom is 0.323 e. The Morgan fingerprint density at radius 3 is 2.11 bits per heavy atom. The van der Waals surface area contributed by atoms with E-state index in [0.717, 1.165) is 11.9 Å². The number of H-pyrrole nitrogens is 1. The zero-order valence-corrected chi connectivity index (χ0v) is 42.1. The van der Waals surface area contributed by atoms with E-state index >= 15 is 0 Å². The fraction of sp³-hybridized carbons (Fsp3) is 0.532. The van der Waals surface area contributed by atoms with Crippen molar-refractivity contribution in [2.75, 3.05) is 84.8 Å². The number of nitrogens with zero attached hydrogens (tertiary/aromatic N) is 3. The number of nitrogens with one attached hydrogen (secondary N) is 8. The van der Waals surface area contributed by atoms with Crippen molar-refractivity contribution < 1.29 is 61.2 Å². The van der Waals surface area contributed by atoms with Crippen molar-refractivity contribution in [2.45, 2.75) is 89.2 Å². The third-order valence-corrected chi connectivity index (χ3v) is 12.5. The van der Waals surface area contributed by atoms with E-state index in [1.807, 2.05) is 4.68 Å². The lowest BCUT2D eigenvalue weighted by molar-refractivity contribution is -0.138. The summed E-state index contributed by atoms with van der Waals surface area (Å²) >= 11 is 0. The maximum absolute atomic E-state index is 13.5. The van der Waals surface area contributed by atoms with Gasteiger partial charge in [-0.15, -0.1) is 0 Å². The highest BCUT2D eigenvalue weighted by Crippen LogP contribution is 2.26. The van der Waals surface area contributed by atoms with Gasteiger partial charge in [0.1, 0.15) is 17.8 Å². The molecule has 5 amide bonds. The number of carboxylic acid groups (broad SMARTS) is 1. The number of anilines is 1. The third-order valence-electron chi connectivity index (χ3n) is 10.8. The predicted molar refractivity (Wildman–Crippen MR) is 265 cm³/mol. The largest absolute Gasteiger partial charge is 0.494 e. The number of fused-ring (bicyclic) bond motifs is 1. The number of amides is 5. The van der Waals surface area contributed by atoms with Gasteiger partial charge < -0.3 is 60.9 Å². The van der Waals surface area contributed by atoms with E-state index in [9.17, 15) is 42.3 Å². The summed E-state index contributed by atoms with van der Waals surface area (Å²) in [6.45, 7) is 8.47. The van der Waals surface area contributed by atoms with Crippen molar-refractivity contribution in [1.82, 2.24) is 51.1 Å². The first kappa shape index (κ1) is 57.9. The smallest absolute Gasteiger partial charge is 0.323 e. The molecule has 0 unspecified atom stereocenters. The number of aryl methyl sites for hydroxylation is 3. The van der Waals surface area contributed by atoms with E-state index in [1.54, 1.807) is 50.6 Å². The highest BCUT2D eigenvalue weighted by Gasteiger charge is 2.29. The van der Waals surface area contributed by atoms with Crippen LogP contribution in [0.2, 0.25) is 0 Å². The van der Waals surface area contributed by atoms with Crippen molar-refractivity contribution in [3.05, 3.63) is 65.6 Å². The fourth-order valence-corrected chi connectivity index (χ4v) is 8.87. The number of imidazole rings is 1. The molecule has 0 aliphatic heterocycles. The van der Waals surface area contributed by atoms with E-state index in [4.69, 9.17) is 18.9 Å². The van der Waals surface area contributed by atoms with E-state index < -0.39 is 40.5 Å². The molecule has 25 heteroatoms. The molecule has 72 heavy (non-hydrogen) atoms. The number of ether oxygens (including phenoxy) is 4. The Labute approximate surface area is 418 Å². The van der Waals surface area contributed by atoms with Crippen LogP contribution in [0.5, 0.6) is 5.75 Å². The summed E-state index contributed by atoms with van der Waals surface area (Å²) in [4.78, 5) is 79.9. The minimum Gasteiger partial charge on any atom is -0.494 e. The predicted octanol–water partition coefficient (Wildman–Crippen LogP) is 1.29. The molecule has 0 fully saturated rings. The molecule has 2 aromatic carbocycles. The zero-order valence-electron chi connectivity index (χ0n) is 41.3. The number of benzene rings is 2. The number of carbonyl (C=O) groups excluding carboxylic acids is 5. The molecule has 9 N–H and O–H groups in total. The molecule has 2 atom stereocenters. The minimum atomic E-state index is -4.37. The first-order valence-corrected chi connectivity index (χ1v) is 25.3. The van der Waals surface area contributed by atoms with Crippen LogP contribution in [-0.2, 0) is 54.8 Å². The number of sulfonamides is 1. The van der Waals surface area contributed by atoms with Gasteiger partial charge in [0.15, 0.2) is 5.95 Å². The molecular formula is C47H69N11O13S. The Hall–Kier alpha value is -6.67. The Morgan fingerprint density at radius 2 is 1.47 bits per heavy atom. The van der Waals surface area contributed by atoms with E-state index in [2.05, 4.69) is 51.7 Å². The number of hydrogen-bond donors (Lipinski definition) is 9. The lowest BCUT2D eigenvalue weighted by Crippen LogP contribution is -2.48. The molecule has 0 bridgehead atoms. The third kappa shape index (κ3) is 20.6. The summed E-state index contributed by atoms with van der Waals surface area (Å²) in [5, 5.41) is 31.4. The lowest BCUT2D eigenvalue weighted by atomic mass is 10.1. The highest BCUT2D eigenvalue weighted by atomic mass is 32.2. The van der Waals surface area contributed by atoms with E-state index in [0.29, 0.717) is 113 Å². The average molecular weight is 1030 g/mol. The van der Waals surface area contributed by atoms with E-state index in [1.165, 1.54) is 26.1 Å². The van der Waals surface area contributed by atoms with Gasteiger partial charge in [0.2, 0.25) is 33.7 Å². The van der Waals surface area contributed by atoms with Crippen LogP contribution in [0.25, 0.3) is 10.9 Å². The average Bonchev–Trinajstić information content (AvgIpc) is 4.02. The summed E-state index contributed by atoms with van der Waals surface area (Å²) < 4.78 is 53.5. The van der Waals surface area contributed by atoms with Crippen LogP contribution in [0.4, 0.5) is 5.95 Å². The van der Waals surface area contributed by atoms with Crippen LogP contribution in [0, 0.1) is 13.8 Å². The number of hydrogen-bond acceptors (Lipinski definition) is 15. The van der Waals surface area contributed by atoms with Gasteiger partial charge in [0, 0.05) is 96.1 Å². The summed E-state index contributed by atoms with van der Waals surface area (Å²) in [6.07, 6.45) is 7.86. The molecule has 0 spiro atoms. The number of carboxylic acids is 1. The summed E-state index contributed by atoms with van der Waals surface area (Å²) in [6, 6.07) is 5.56. The molecule has 4 aromatic rings. The molecule has 0 radical (unpaired) electrons. The van der Waals surface area contributed by atoms with E-state index in [-0.39, 0.29) is 60.0 Å². The SMILES string of the molecule is CNC(=O)CC[C@@H](NC(C)=O)C(=O)NCCCOCCOCCOCCCNC(=O)CCCOc1cc(C)c(S(=O)(=O)N[C@@H](CNC(=O)c2ccc3c(cnn3CCCNc3ncc[nH]3)c2)C(=O)O)c(C)c1. The summed E-state index contributed by atoms with van der Waals surface area (Å²) in [5.74, 6) is -2.09. The first-order chi connectivity index (χ1) is 34.6. The Kier molecular flexibility index (Phi) is 24.9. The topological polar surface area (TPSA) is 324 Å². The second-order valence-electron chi connectivity index (χ2n) is 16.6. The molecule has 0 aliphatic carbocycles. The second kappa shape index (κ2) is 30.9. The van der Waals surface area contributed by atoms with Gasteiger partial charge in [-0.1, -0.05) is 0 Å². The number of aromatic amines is 1. The van der Waals surface area contributed by atoms with Gasteiger partial charge in [-0.3, -0.25) is 33.4 Å². The van der Waals surface area contributed by atoms with Crippen molar-refractivity contribution in [2.24, 2.45) is 0 Å². The van der Waals surface area contributed by atoms with Crippen LogP contribution in [0.1, 0.15) is 73.4 Å². The lowest BCUT2D eigenvalue weighted by Gasteiger charge is -2.19. The van der Waals surface area contributed by atoms with Gasteiger partial charge in [-0.2, -0.15) is 9.82 Å². The maximum atomic E-state index is 13.5. The van der Waals surface area contributed by atoms with Gasteiger partial charge in [0.25, 0.3) is 5.91 Å². The molecule has 2 heterocycles. The minimum absolute atomic E-state index is 0.114. The van der Waals surface area contributed by atoms with Crippen molar-refractivity contribution in [1.29, 1.82) is 0 Å². The molecule has 2 aromatic heterocycles. The van der Waals surface area contributed by atoms with Crippen LogP contribution in [0.15, 0.2) is 53.8 Å². The van der Waals surface area contributed by atoms with Gasteiger partial charge in [-0.25, -0.2) is 13.4 Å². The quantitative estimate of drug-likeness (QED) is 0.0290. The first-order valence-electron chi connectivity index (χ1n) is 23.8. The van der Waals surface area contributed by atoms with Crippen LogP contribution >= 0.6 is 0 Å². The normalized spacial score (nSPS) is 12.2. The monoisotopic (exact) mass is 1030 g/mol. The number of rotatable bonds is 36. The van der Waals surface area contributed by atoms with Crippen LogP contribution in [-0.4, -0.2) is 160 Å². The number of aromatic nitrogens is 4. The molecule has 4 rings (SSSR count). The number of aliphatic carboxylic acids is 1. The fourth-order valence-electron chi connectivity index (χ4n) is 7.22. The zero-order chi connectivity index (χ0) is 52.3. The second-order valence-corrected chi connectivity index (χ2v) is 18.2. The van der Waals surface area contributed by atoms with Crippen LogP contribution < -0.4 is 41.4 Å². The highest BCUT2D eigenvalue weighted by molar-refractivity contribution is 7.89. The molecule has 0 aliphatic rings. The molecular weight excluding hydrogens is 959 g/mol. The summed E-state index contributed by atoms with van der Waals surface area (Å²) in [7, 11) is -2.86. The Bertz CT molecular complexity index is 2460.